The van der Waals surface area contributed by atoms with Gasteiger partial charge in [-0.25, -0.2) is 4.98 Å². The summed E-state index contributed by atoms with van der Waals surface area (Å²) in [6.45, 7) is 1.24. The topological polar surface area (TPSA) is 62.3 Å². The van der Waals surface area contributed by atoms with Crippen LogP contribution in [-0.4, -0.2) is 40.8 Å². The van der Waals surface area contributed by atoms with Gasteiger partial charge in [-0.1, -0.05) is 29.8 Å². The molecule has 1 aliphatic heterocycles. The first kappa shape index (κ1) is 19.6. The highest BCUT2D eigenvalue weighted by molar-refractivity contribution is 7.13. The van der Waals surface area contributed by atoms with Gasteiger partial charge in [0.05, 0.1) is 5.56 Å². The van der Waals surface area contributed by atoms with Gasteiger partial charge < -0.3 is 10.2 Å². The molecule has 0 atom stereocenters. The van der Waals surface area contributed by atoms with Crippen molar-refractivity contribution in [1.82, 2.24) is 15.2 Å². The molecule has 2 amide bonds. The molecule has 1 fully saturated rings. The van der Waals surface area contributed by atoms with Crippen LogP contribution in [0.15, 0.2) is 60.1 Å². The van der Waals surface area contributed by atoms with Crippen LogP contribution in [0.3, 0.4) is 0 Å². The number of carbonyl (C=O) groups excluding carboxylic acids is 2. The number of likely N-dealkylation sites (tertiary alicyclic amines) is 1. The average Bonchev–Trinajstić information content (AvgIpc) is 3.29. The summed E-state index contributed by atoms with van der Waals surface area (Å²) in [7, 11) is 0. The second-order valence-electron chi connectivity index (χ2n) is 6.96. The highest BCUT2D eigenvalue weighted by atomic mass is 35.5. The van der Waals surface area contributed by atoms with Crippen molar-refractivity contribution >= 4 is 34.8 Å². The minimum absolute atomic E-state index is 0.0365. The van der Waals surface area contributed by atoms with E-state index in [2.05, 4.69) is 16.4 Å². The lowest BCUT2D eigenvalue weighted by Crippen LogP contribution is -2.46. The Balaban J connectivity index is 1.31. The van der Waals surface area contributed by atoms with Crippen molar-refractivity contribution in [2.75, 3.05) is 13.1 Å². The molecule has 0 bridgehead atoms. The predicted molar refractivity (Wildman–Crippen MR) is 115 cm³/mol. The number of carbonyl (C=O) groups is 2. The number of hydrogen-bond donors (Lipinski definition) is 1. The zero-order valence-corrected chi connectivity index (χ0v) is 17.2. The van der Waals surface area contributed by atoms with Gasteiger partial charge in [0, 0.05) is 35.8 Å². The third-order valence-electron chi connectivity index (χ3n) is 5.04. The maximum absolute atomic E-state index is 12.8. The second-order valence-corrected chi connectivity index (χ2v) is 8.30. The van der Waals surface area contributed by atoms with Crippen molar-refractivity contribution in [3.05, 3.63) is 76.4 Å². The third-order valence-corrected chi connectivity index (χ3v) is 6.19. The molecule has 0 saturated carbocycles. The molecule has 1 saturated heterocycles. The molecule has 7 heteroatoms. The maximum Gasteiger partial charge on any atom is 0.253 e. The number of piperidine rings is 1. The van der Waals surface area contributed by atoms with E-state index in [1.165, 1.54) is 11.1 Å². The molecule has 3 heterocycles. The van der Waals surface area contributed by atoms with E-state index in [1.807, 2.05) is 40.6 Å². The van der Waals surface area contributed by atoms with E-state index in [-0.39, 0.29) is 17.9 Å². The van der Waals surface area contributed by atoms with Crippen molar-refractivity contribution in [1.29, 1.82) is 0 Å². The van der Waals surface area contributed by atoms with Crippen LogP contribution in [0.5, 0.6) is 0 Å². The Bertz CT molecular complexity index is 980. The van der Waals surface area contributed by atoms with E-state index in [0.29, 0.717) is 29.4 Å². The van der Waals surface area contributed by atoms with Crippen LogP contribution >= 0.6 is 22.9 Å². The quantitative estimate of drug-likeness (QED) is 0.626. The first-order valence-electron chi connectivity index (χ1n) is 9.46. The van der Waals surface area contributed by atoms with E-state index in [0.717, 1.165) is 18.4 Å². The Labute approximate surface area is 178 Å². The van der Waals surface area contributed by atoms with Crippen molar-refractivity contribution in [3.8, 4) is 10.4 Å². The molecule has 1 aromatic carbocycles. The molecular formula is C22H20ClN3O2S. The van der Waals surface area contributed by atoms with Gasteiger partial charge in [-0.05, 0) is 54.1 Å². The summed E-state index contributed by atoms with van der Waals surface area (Å²) in [5.41, 5.74) is 2.30. The van der Waals surface area contributed by atoms with Crippen LogP contribution < -0.4 is 5.32 Å². The maximum atomic E-state index is 12.8. The molecule has 0 radical (unpaired) electrons. The number of halogens is 1. The Hall–Kier alpha value is -2.70. The van der Waals surface area contributed by atoms with Crippen LogP contribution in [-0.2, 0) is 0 Å². The average molecular weight is 426 g/mol. The van der Waals surface area contributed by atoms with Crippen LogP contribution in [0.4, 0.5) is 0 Å². The molecule has 3 aromatic rings. The van der Waals surface area contributed by atoms with Gasteiger partial charge in [0.25, 0.3) is 11.8 Å². The first-order valence-corrected chi connectivity index (χ1v) is 10.7. The molecule has 29 heavy (non-hydrogen) atoms. The van der Waals surface area contributed by atoms with Gasteiger partial charge in [-0.2, -0.15) is 0 Å². The fourth-order valence-corrected chi connectivity index (χ4v) is 4.25. The number of rotatable bonds is 4. The van der Waals surface area contributed by atoms with Crippen LogP contribution in [0.25, 0.3) is 10.4 Å². The van der Waals surface area contributed by atoms with Gasteiger partial charge in [-0.15, -0.1) is 11.3 Å². The summed E-state index contributed by atoms with van der Waals surface area (Å²) in [4.78, 5) is 32.1. The van der Waals surface area contributed by atoms with E-state index >= 15 is 0 Å². The number of amides is 2. The van der Waals surface area contributed by atoms with Crippen molar-refractivity contribution in [2.45, 2.75) is 18.9 Å². The zero-order valence-electron chi connectivity index (χ0n) is 15.7. The molecular weight excluding hydrogens is 406 g/mol. The van der Waals surface area contributed by atoms with Crippen LogP contribution in [0, 0.1) is 0 Å². The normalized spacial score (nSPS) is 14.6. The smallest absolute Gasteiger partial charge is 0.253 e. The standard InChI is InChI=1S/C22H20ClN3O2S/c23-20-8-7-17(14-24-20)21(27)25-18-9-11-26(12-10-18)22(28)16-5-3-15(4-6-16)19-2-1-13-29-19/h1-8,13-14,18H,9-12H2,(H,25,27). The van der Waals surface area contributed by atoms with E-state index in [9.17, 15) is 9.59 Å². The minimum Gasteiger partial charge on any atom is -0.349 e. The Morgan fingerprint density at radius 3 is 2.38 bits per heavy atom. The number of aromatic nitrogens is 1. The fourth-order valence-electron chi connectivity index (χ4n) is 3.41. The molecule has 0 spiro atoms. The number of nitrogens with zero attached hydrogens (tertiary/aromatic N) is 2. The lowest BCUT2D eigenvalue weighted by molar-refractivity contribution is 0.0698. The van der Waals surface area contributed by atoms with Gasteiger partial charge in [-0.3, -0.25) is 9.59 Å². The molecule has 2 aromatic heterocycles. The fraction of sp³-hybridized carbons (Fsp3) is 0.227. The summed E-state index contributed by atoms with van der Waals surface area (Å²) in [5.74, 6) is -0.127. The number of nitrogens with one attached hydrogen (secondary N) is 1. The third kappa shape index (κ3) is 4.66. The summed E-state index contributed by atoms with van der Waals surface area (Å²) >= 11 is 7.44. The molecule has 1 aliphatic rings. The predicted octanol–water partition coefficient (Wildman–Crippen LogP) is 4.50. The number of benzene rings is 1. The molecule has 4 rings (SSSR count). The molecule has 148 valence electrons. The lowest BCUT2D eigenvalue weighted by Gasteiger charge is -2.32. The Morgan fingerprint density at radius 1 is 1.03 bits per heavy atom. The molecule has 1 N–H and O–H groups in total. The second kappa shape index (κ2) is 8.76. The van der Waals surface area contributed by atoms with Crippen LogP contribution in [0.1, 0.15) is 33.6 Å². The Kier molecular flexibility index (Phi) is 5.92. The van der Waals surface area contributed by atoms with E-state index in [4.69, 9.17) is 11.6 Å². The number of thiophene rings is 1. The van der Waals surface area contributed by atoms with Crippen molar-refractivity contribution in [3.63, 3.8) is 0 Å². The highest BCUT2D eigenvalue weighted by Gasteiger charge is 2.25. The van der Waals surface area contributed by atoms with Gasteiger partial charge in [0.2, 0.25) is 0 Å². The minimum atomic E-state index is -0.164. The highest BCUT2D eigenvalue weighted by Crippen LogP contribution is 2.25. The summed E-state index contributed by atoms with van der Waals surface area (Å²) in [6, 6.07) is 15.1. The summed E-state index contributed by atoms with van der Waals surface area (Å²) in [5, 5.41) is 5.42. The van der Waals surface area contributed by atoms with Crippen molar-refractivity contribution < 1.29 is 9.59 Å². The van der Waals surface area contributed by atoms with Gasteiger partial charge in [0.1, 0.15) is 5.15 Å². The first-order chi connectivity index (χ1) is 14.1. The van der Waals surface area contributed by atoms with Gasteiger partial charge in [0.15, 0.2) is 0 Å². The largest absolute Gasteiger partial charge is 0.349 e. The van der Waals surface area contributed by atoms with E-state index < -0.39 is 0 Å². The zero-order chi connectivity index (χ0) is 20.2. The van der Waals surface area contributed by atoms with Crippen LogP contribution in [0.2, 0.25) is 5.15 Å². The van der Waals surface area contributed by atoms with Gasteiger partial charge >= 0.3 is 0 Å². The monoisotopic (exact) mass is 425 g/mol. The SMILES string of the molecule is O=C(NC1CCN(C(=O)c2ccc(-c3cccs3)cc2)CC1)c1ccc(Cl)nc1. The summed E-state index contributed by atoms with van der Waals surface area (Å²) in [6.07, 6.45) is 2.92. The number of pyridine rings is 1. The molecule has 5 nitrogen and oxygen atoms in total. The molecule has 0 unspecified atom stereocenters. The summed E-state index contributed by atoms with van der Waals surface area (Å²) < 4.78 is 0. The number of hydrogen-bond acceptors (Lipinski definition) is 4. The van der Waals surface area contributed by atoms with E-state index in [1.54, 1.807) is 23.5 Å². The lowest BCUT2D eigenvalue weighted by atomic mass is 10.0. The Morgan fingerprint density at radius 2 is 1.76 bits per heavy atom. The molecule has 0 aliphatic carbocycles. The van der Waals surface area contributed by atoms with Crippen molar-refractivity contribution in [2.24, 2.45) is 0 Å².